The van der Waals surface area contributed by atoms with Crippen molar-refractivity contribution < 1.29 is 0 Å². The molecule has 2 saturated carbocycles. The summed E-state index contributed by atoms with van der Waals surface area (Å²) < 4.78 is 0. The molecule has 0 bridgehead atoms. The number of hydrogen-bond acceptors (Lipinski definition) is 2. The fourth-order valence-corrected chi connectivity index (χ4v) is 3.70. The van der Waals surface area contributed by atoms with Gasteiger partial charge in [-0.2, -0.15) is 0 Å². The van der Waals surface area contributed by atoms with Gasteiger partial charge in [0.05, 0.1) is 0 Å². The van der Waals surface area contributed by atoms with Crippen LogP contribution >= 0.6 is 0 Å². The zero-order valence-corrected chi connectivity index (χ0v) is 11.3. The van der Waals surface area contributed by atoms with E-state index in [2.05, 4.69) is 17.3 Å². The van der Waals surface area contributed by atoms with E-state index in [0.29, 0.717) is 0 Å². The molecule has 2 aliphatic carbocycles. The summed E-state index contributed by atoms with van der Waals surface area (Å²) in [7, 11) is 2.14. The smallest absolute Gasteiger partial charge is 0.0195 e. The first-order chi connectivity index (χ1) is 8.33. The Kier molecular flexibility index (Phi) is 3.72. The van der Waals surface area contributed by atoms with Gasteiger partial charge >= 0.3 is 0 Å². The zero-order valence-electron chi connectivity index (χ0n) is 11.3. The predicted molar refractivity (Wildman–Crippen MR) is 72.1 cm³/mol. The normalized spacial score (nSPS) is 35.8. The second kappa shape index (κ2) is 5.27. The maximum absolute atomic E-state index is 3.53. The molecule has 3 aliphatic rings. The molecule has 98 valence electrons. The summed E-state index contributed by atoms with van der Waals surface area (Å²) in [6.45, 7) is 4.08. The van der Waals surface area contributed by atoms with Crippen molar-refractivity contribution in [3.05, 3.63) is 0 Å². The topological polar surface area (TPSA) is 15.3 Å². The molecule has 0 aromatic heterocycles. The molecule has 2 unspecified atom stereocenters. The van der Waals surface area contributed by atoms with E-state index >= 15 is 0 Å². The summed E-state index contributed by atoms with van der Waals surface area (Å²) in [4.78, 5) is 2.77. The van der Waals surface area contributed by atoms with E-state index in [-0.39, 0.29) is 0 Å². The third-order valence-corrected chi connectivity index (χ3v) is 5.13. The molecule has 3 fully saturated rings. The molecule has 3 rings (SSSR count). The molecule has 0 aromatic rings. The van der Waals surface area contributed by atoms with Gasteiger partial charge in [0.1, 0.15) is 0 Å². The Hall–Kier alpha value is -0.0800. The SMILES string of the molecule is CNC1CC(CC2CC2)CN(CC2CCC2)C1. The van der Waals surface area contributed by atoms with Gasteiger partial charge in [-0.05, 0) is 50.5 Å². The van der Waals surface area contributed by atoms with E-state index in [4.69, 9.17) is 0 Å². The Labute approximate surface area is 106 Å². The van der Waals surface area contributed by atoms with E-state index in [1.165, 1.54) is 64.6 Å². The van der Waals surface area contributed by atoms with Gasteiger partial charge in [-0.15, -0.1) is 0 Å². The number of rotatable bonds is 5. The third-order valence-electron chi connectivity index (χ3n) is 5.13. The monoisotopic (exact) mass is 236 g/mol. The molecule has 1 heterocycles. The molecule has 2 atom stereocenters. The van der Waals surface area contributed by atoms with Crippen LogP contribution in [0.2, 0.25) is 0 Å². The van der Waals surface area contributed by atoms with Crippen LogP contribution in [0, 0.1) is 17.8 Å². The van der Waals surface area contributed by atoms with Gasteiger partial charge in [0.15, 0.2) is 0 Å². The van der Waals surface area contributed by atoms with Crippen molar-refractivity contribution in [2.45, 2.75) is 51.0 Å². The van der Waals surface area contributed by atoms with Crippen LogP contribution in [-0.2, 0) is 0 Å². The molecule has 1 N–H and O–H groups in total. The van der Waals surface area contributed by atoms with Crippen LogP contribution in [0.5, 0.6) is 0 Å². The molecule has 0 spiro atoms. The lowest BCUT2D eigenvalue weighted by atomic mass is 9.83. The standard InChI is InChI=1S/C15H28N2/c1-16-15-8-14(7-12-5-6-12)10-17(11-15)9-13-3-2-4-13/h12-16H,2-11H2,1H3. The average molecular weight is 236 g/mol. The van der Waals surface area contributed by atoms with Crippen LogP contribution in [-0.4, -0.2) is 37.6 Å². The molecule has 2 heteroatoms. The van der Waals surface area contributed by atoms with Gasteiger partial charge in [0, 0.05) is 25.7 Å². The molecular formula is C15H28N2. The van der Waals surface area contributed by atoms with Crippen LogP contribution in [0.3, 0.4) is 0 Å². The Balaban J connectivity index is 1.50. The van der Waals surface area contributed by atoms with Crippen molar-refractivity contribution >= 4 is 0 Å². The largest absolute Gasteiger partial charge is 0.316 e. The van der Waals surface area contributed by atoms with Gasteiger partial charge in [-0.3, -0.25) is 0 Å². The summed E-state index contributed by atoms with van der Waals surface area (Å²) in [5.41, 5.74) is 0. The van der Waals surface area contributed by atoms with Crippen LogP contribution in [0.1, 0.15) is 44.9 Å². The van der Waals surface area contributed by atoms with Crippen molar-refractivity contribution in [2.75, 3.05) is 26.7 Å². The van der Waals surface area contributed by atoms with E-state index in [0.717, 1.165) is 23.8 Å². The second-order valence-electron chi connectivity index (χ2n) is 6.78. The molecule has 0 aromatic carbocycles. The van der Waals surface area contributed by atoms with Gasteiger partial charge < -0.3 is 10.2 Å². The summed E-state index contributed by atoms with van der Waals surface area (Å²) in [6.07, 6.45) is 10.4. The summed E-state index contributed by atoms with van der Waals surface area (Å²) in [6, 6.07) is 0.757. The number of piperidine rings is 1. The first-order valence-corrected chi connectivity index (χ1v) is 7.73. The van der Waals surface area contributed by atoms with Crippen molar-refractivity contribution in [3.8, 4) is 0 Å². The molecule has 1 saturated heterocycles. The lowest BCUT2D eigenvalue weighted by Gasteiger charge is -2.41. The Morgan fingerprint density at radius 1 is 1.00 bits per heavy atom. The quantitative estimate of drug-likeness (QED) is 0.789. The van der Waals surface area contributed by atoms with Gasteiger partial charge in [-0.1, -0.05) is 19.3 Å². The highest BCUT2D eigenvalue weighted by Crippen LogP contribution is 2.38. The maximum atomic E-state index is 3.53. The van der Waals surface area contributed by atoms with Crippen molar-refractivity contribution in [1.82, 2.24) is 10.2 Å². The average Bonchev–Trinajstić information content (AvgIpc) is 3.07. The highest BCUT2D eigenvalue weighted by Gasteiger charge is 2.32. The third kappa shape index (κ3) is 3.23. The second-order valence-corrected chi connectivity index (χ2v) is 6.78. The molecule has 17 heavy (non-hydrogen) atoms. The van der Waals surface area contributed by atoms with Gasteiger partial charge in [0.25, 0.3) is 0 Å². The number of nitrogens with one attached hydrogen (secondary N) is 1. The minimum atomic E-state index is 0.757. The Morgan fingerprint density at radius 2 is 1.82 bits per heavy atom. The first kappa shape index (κ1) is 12.0. The van der Waals surface area contributed by atoms with Crippen LogP contribution in [0.25, 0.3) is 0 Å². The predicted octanol–water partition coefficient (Wildman–Crippen LogP) is 2.50. The lowest BCUT2D eigenvalue weighted by Crippen LogP contribution is -2.50. The van der Waals surface area contributed by atoms with E-state index in [9.17, 15) is 0 Å². The fraction of sp³-hybridized carbons (Fsp3) is 1.00. The fourth-order valence-electron chi connectivity index (χ4n) is 3.70. The lowest BCUT2D eigenvalue weighted by molar-refractivity contribution is 0.0988. The van der Waals surface area contributed by atoms with Crippen molar-refractivity contribution in [2.24, 2.45) is 17.8 Å². The maximum Gasteiger partial charge on any atom is 0.0195 e. The minimum Gasteiger partial charge on any atom is -0.316 e. The first-order valence-electron chi connectivity index (χ1n) is 7.73. The minimum absolute atomic E-state index is 0.757. The van der Waals surface area contributed by atoms with Crippen LogP contribution in [0.4, 0.5) is 0 Å². The number of hydrogen-bond donors (Lipinski definition) is 1. The highest BCUT2D eigenvalue weighted by atomic mass is 15.2. The number of likely N-dealkylation sites (tertiary alicyclic amines) is 1. The zero-order chi connectivity index (χ0) is 11.7. The van der Waals surface area contributed by atoms with Crippen molar-refractivity contribution in [3.63, 3.8) is 0 Å². The van der Waals surface area contributed by atoms with E-state index in [1.807, 2.05) is 0 Å². The van der Waals surface area contributed by atoms with Crippen molar-refractivity contribution in [1.29, 1.82) is 0 Å². The van der Waals surface area contributed by atoms with E-state index < -0.39 is 0 Å². The van der Waals surface area contributed by atoms with Gasteiger partial charge in [0.2, 0.25) is 0 Å². The summed E-state index contributed by atoms with van der Waals surface area (Å²) >= 11 is 0. The highest BCUT2D eigenvalue weighted by molar-refractivity contribution is 4.88. The van der Waals surface area contributed by atoms with Crippen LogP contribution < -0.4 is 5.32 Å². The Morgan fingerprint density at radius 3 is 2.41 bits per heavy atom. The summed E-state index contributed by atoms with van der Waals surface area (Å²) in [5, 5.41) is 3.53. The molecule has 1 aliphatic heterocycles. The molecular weight excluding hydrogens is 208 g/mol. The van der Waals surface area contributed by atoms with Crippen LogP contribution in [0.15, 0.2) is 0 Å². The van der Waals surface area contributed by atoms with E-state index in [1.54, 1.807) is 0 Å². The Bertz CT molecular complexity index is 243. The summed E-state index contributed by atoms with van der Waals surface area (Å²) in [5.74, 6) is 3.11. The molecule has 0 amide bonds. The van der Waals surface area contributed by atoms with Gasteiger partial charge in [-0.25, -0.2) is 0 Å². The number of likely N-dealkylation sites (N-methyl/N-ethyl adjacent to an activating group) is 1. The molecule has 2 nitrogen and oxygen atoms in total. The molecule has 0 radical (unpaired) electrons. The number of nitrogens with zero attached hydrogens (tertiary/aromatic N) is 1.